The standard InChI is InChI=1S/C34H32N4O2/c1-5-31-36-32-22(2)19-25(33-35-28-13-7-6-8-14-29(28)37(33)3)20-30(32)38(31)21-23-15-17-24(18-16-23)26-11-9-10-12-27(26)34(39)40-4/h6-12,14-20H,5,13,21H2,1-4H3. The predicted molar refractivity (Wildman–Crippen MR) is 160 cm³/mol. The zero-order chi connectivity index (χ0) is 27.8. The van der Waals surface area contributed by atoms with Gasteiger partial charge in [-0.15, -0.1) is 0 Å². The highest BCUT2D eigenvalue weighted by Crippen LogP contribution is 2.31. The number of carbonyl (C=O) groups excluding carboxylic acids is 1. The zero-order valence-electron chi connectivity index (χ0n) is 23.3. The summed E-state index contributed by atoms with van der Waals surface area (Å²) in [6, 6.07) is 20.4. The van der Waals surface area contributed by atoms with E-state index in [-0.39, 0.29) is 5.97 Å². The van der Waals surface area contributed by atoms with Crippen LogP contribution in [-0.2, 0) is 31.2 Å². The van der Waals surface area contributed by atoms with Gasteiger partial charge in [0.05, 0.1) is 35.1 Å². The van der Waals surface area contributed by atoms with Crippen molar-refractivity contribution < 1.29 is 9.53 Å². The molecule has 0 bridgehead atoms. The fourth-order valence-electron chi connectivity index (χ4n) is 5.60. The molecule has 0 saturated carbocycles. The van der Waals surface area contributed by atoms with E-state index in [1.165, 1.54) is 7.11 Å². The number of hydrogen-bond acceptors (Lipinski definition) is 4. The van der Waals surface area contributed by atoms with Crippen LogP contribution in [0.4, 0.5) is 0 Å². The summed E-state index contributed by atoms with van der Waals surface area (Å²) in [5.41, 5.74) is 10.2. The number of allylic oxidation sites excluding steroid dienone is 3. The number of aromatic nitrogens is 4. The van der Waals surface area contributed by atoms with Gasteiger partial charge < -0.3 is 13.9 Å². The summed E-state index contributed by atoms with van der Waals surface area (Å²) in [7, 11) is 3.50. The maximum Gasteiger partial charge on any atom is 0.338 e. The molecule has 1 aliphatic rings. The molecule has 0 spiro atoms. The first-order valence-corrected chi connectivity index (χ1v) is 13.6. The van der Waals surface area contributed by atoms with Crippen molar-refractivity contribution >= 4 is 23.1 Å². The Morgan fingerprint density at radius 3 is 2.58 bits per heavy atom. The van der Waals surface area contributed by atoms with E-state index in [1.807, 2.05) is 18.2 Å². The van der Waals surface area contributed by atoms with E-state index in [0.717, 1.165) is 74.7 Å². The summed E-state index contributed by atoms with van der Waals surface area (Å²) in [5.74, 6) is 1.69. The van der Waals surface area contributed by atoms with Gasteiger partial charge in [-0.2, -0.15) is 0 Å². The van der Waals surface area contributed by atoms with Crippen LogP contribution in [0, 0.1) is 6.92 Å². The number of methoxy groups -OCH3 is 1. The van der Waals surface area contributed by atoms with Gasteiger partial charge in [-0.3, -0.25) is 0 Å². The van der Waals surface area contributed by atoms with E-state index < -0.39 is 0 Å². The monoisotopic (exact) mass is 528 g/mol. The molecule has 1 aliphatic carbocycles. The average molecular weight is 529 g/mol. The lowest BCUT2D eigenvalue weighted by atomic mass is 9.98. The summed E-state index contributed by atoms with van der Waals surface area (Å²) in [4.78, 5) is 22.3. The maximum atomic E-state index is 12.3. The highest BCUT2D eigenvalue weighted by molar-refractivity contribution is 5.97. The Kier molecular flexibility index (Phi) is 6.68. The van der Waals surface area contributed by atoms with Crippen molar-refractivity contribution in [3.63, 3.8) is 0 Å². The Labute approximate surface area is 234 Å². The molecule has 40 heavy (non-hydrogen) atoms. The zero-order valence-corrected chi connectivity index (χ0v) is 23.3. The van der Waals surface area contributed by atoms with Crippen LogP contribution in [0.5, 0.6) is 0 Å². The molecule has 0 aliphatic heterocycles. The molecule has 6 heteroatoms. The van der Waals surface area contributed by atoms with Crippen LogP contribution < -0.4 is 0 Å². The first-order chi connectivity index (χ1) is 19.5. The van der Waals surface area contributed by atoms with Crippen LogP contribution in [0.2, 0.25) is 0 Å². The van der Waals surface area contributed by atoms with Crippen LogP contribution in [0.15, 0.2) is 78.9 Å². The van der Waals surface area contributed by atoms with Crippen molar-refractivity contribution in [3.05, 3.63) is 113 Å². The fourth-order valence-corrected chi connectivity index (χ4v) is 5.60. The number of fused-ring (bicyclic) bond motifs is 2. The van der Waals surface area contributed by atoms with Gasteiger partial charge >= 0.3 is 5.97 Å². The largest absolute Gasteiger partial charge is 0.465 e. The number of nitrogens with zero attached hydrogens (tertiary/aromatic N) is 4. The van der Waals surface area contributed by atoms with Crippen LogP contribution in [0.1, 0.15) is 45.6 Å². The third-order valence-electron chi connectivity index (χ3n) is 7.66. The van der Waals surface area contributed by atoms with Crippen molar-refractivity contribution in [2.24, 2.45) is 7.05 Å². The lowest BCUT2D eigenvalue weighted by Gasteiger charge is -2.12. The number of hydrogen-bond donors (Lipinski definition) is 0. The Morgan fingerprint density at radius 1 is 1.00 bits per heavy atom. The van der Waals surface area contributed by atoms with E-state index in [1.54, 1.807) is 6.07 Å². The van der Waals surface area contributed by atoms with Crippen LogP contribution in [-0.4, -0.2) is 32.2 Å². The van der Waals surface area contributed by atoms with Crippen molar-refractivity contribution in [1.29, 1.82) is 0 Å². The number of carbonyl (C=O) groups is 1. The summed E-state index contributed by atoms with van der Waals surface area (Å²) >= 11 is 0. The molecule has 6 rings (SSSR count). The van der Waals surface area contributed by atoms with Gasteiger partial charge in [-0.25, -0.2) is 14.8 Å². The Hall–Kier alpha value is -4.71. The summed E-state index contributed by atoms with van der Waals surface area (Å²) in [5, 5.41) is 0. The van der Waals surface area contributed by atoms with Gasteiger partial charge in [0.15, 0.2) is 0 Å². The van der Waals surface area contributed by atoms with Gasteiger partial charge in [0.2, 0.25) is 0 Å². The molecule has 2 aromatic heterocycles. The number of imidazole rings is 2. The minimum atomic E-state index is -0.333. The van der Waals surface area contributed by atoms with E-state index >= 15 is 0 Å². The second-order valence-electron chi connectivity index (χ2n) is 10.2. The van der Waals surface area contributed by atoms with Gasteiger partial charge in [-0.1, -0.05) is 67.6 Å². The van der Waals surface area contributed by atoms with Gasteiger partial charge in [-0.05, 0) is 53.5 Å². The second kappa shape index (κ2) is 10.5. The molecular formula is C34H32N4O2. The summed E-state index contributed by atoms with van der Waals surface area (Å²) in [6.45, 7) is 4.98. The SMILES string of the molecule is CCc1nc2c(C)cc(-c3nc4c(n3C)C=CC=CC4)cc2n1Cc1ccc(-c2ccccc2C(=O)OC)cc1. The van der Waals surface area contributed by atoms with Crippen molar-refractivity contribution in [2.75, 3.05) is 7.11 Å². The highest BCUT2D eigenvalue weighted by Gasteiger charge is 2.19. The number of aryl methyl sites for hydroxylation is 2. The Morgan fingerprint density at radius 2 is 1.80 bits per heavy atom. The molecular weight excluding hydrogens is 496 g/mol. The normalized spacial score (nSPS) is 12.5. The topological polar surface area (TPSA) is 61.9 Å². The average Bonchev–Trinajstić information content (AvgIpc) is 3.38. The van der Waals surface area contributed by atoms with E-state index in [9.17, 15) is 4.79 Å². The summed E-state index contributed by atoms with van der Waals surface area (Å²) in [6.07, 6.45) is 10.1. The smallest absolute Gasteiger partial charge is 0.338 e. The van der Waals surface area contributed by atoms with Gasteiger partial charge in [0.25, 0.3) is 0 Å². The molecule has 0 unspecified atom stereocenters. The van der Waals surface area contributed by atoms with E-state index in [0.29, 0.717) is 12.1 Å². The number of benzene rings is 3. The van der Waals surface area contributed by atoms with Crippen LogP contribution in [0.25, 0.3) is 39.6 Å². The molecule has 5 aromatic rings. The molecule has 2 heterocycles. The third-order valence-corrected chi connectivity index (χ3v) is 7.66. The first-order valence-electron chi connectivity index (χ1n) is 13.6. The van der Waals surface area contributed by atoms with Crippen molar-refractivity contribution in [3.8, 4) is 22.5 Å². The third kappa shape index (κ3) is 4.45. The molecule has 3 aromatic carbocycles. The number of esters is 1. The van der Waals surface area contributed by atoms with E-state index in [2.05, 4.69) is 90.7 Å². The first kappa shape index (κ1) is 25.6. The molecule has 0 N–H and O–H groups in total. The molecule has 6 nitrogen and oxygen atoms in total. The van der Waals surface area contributed by atoms with Crippen LogP contribution >= 0.6 is 0 Å². The van der Waals surface area contributed by atoms with E-state index in [4.69, 9.17) is 14.7 Å². The van der Waals surface area contributed by atoms with Crippen LogP contribution in [0.3, 0.4) is 0 Å². The molecule has 0 amide bonds. The minimum Gasteiger partial charge on any atom is -0.465 e. The number of rotatable bonds is 6. The molecule has 0 fully saturated rings. The number of ether oxygens (including phenoxy) is 1. The Bertz CT molecular complexity index is 1800. The molecule has 0 radical (unpaired) electrons. The summed E-state index contributed by atoms with van der Waals surface area (Å²) < 4.78 is 9.49. The van der Waals surface area contributed by atoms with Crippen molar-refractivity contribution in [2.45, 2.75) is 33.2 Å². The molecule has 0 atom stereocenters. The molecule has 0 saturated heterocycles. The second-order valence-corrected chi connectivity index (χ2v) is 10.2. The fraction of sp³-hybridized carbons (Fsp3) is 0.206. The highest BCUT2D eigenvalue weighted by atomic mass is 16.5. The maximum absolute atomic E-state index is 12.3. The predicted octanol–water partition coefficient (Wildman–Crippen LogP) is 6.94. The molecule has 200 valence electrons. The lowest BCUT2D eigenvalue weighted by molar-refractivity contribution is 0.0601. The Balaban J connectivity index is 1.38. The van der Waals surface area contributed by atoms with Gasteiger partial charge in [0, 0.05) is 32.0 Å². The van der Waals surface area contributed by atoms with Crippen molar-refractivity contribution in [1.82, 2.24) is 19.1 Å². The lowest BCUT2D eigenvalue weighted by Crippen LogP contribution is -2.05. The van der Waals surface area contributed by atoms with Gasteiger partial charge in [0.1, 0.15) is 11.6 Å². The minimum absolute atomic E-state index is 0.333. The quantitative estimate of drug-likeness (QED) is 0.224.